The maximum absolute atomic E-state index is 0. The summed E-state index contributed by atoms with van der Waals surface area (Å²) in [6, 6.07) is 0. The quantitative estimate of drug-likeness (QED) is 0.244. The standard InChI is InChI=1S/Ag.Bi.Pb.H2Te.5H/h;;;1H2;;;;;. The Labute approximate surface area is 97.4 Å². The summed E-state index contributed by atoms with van der Waals surface area (Å²) in [5.41, 5.74) is 0. The molecule has 0 heterocycles. The Morgan fingerprint density at radius 3 is 1.00 bits per heavy atom. The van der Waals surface area contributed by atoms with Crippen LogP contribution in [0.5, 0.6) is 0 Å². The van der Waals surface area contributed by atoms with E-state index in [2.05, 4.69) is 0 Å². The molecule has 0 rings (SSSR count). The van der Waals surface area contributed by atoms with Gasteiger partial charge in [0.15, 0.2) is 0 Å². The first-order valence-corrected chi connectivity index (χ1v) is 0. The molecule has 0 fully saturated rings. The van der Waals surface area contributed by atoms with Crippen LogP contribution in [0.25, 0.3) is 0 Å². The van der Waals surface area contributed by atoms with Gasteiger partial charge in [0.25, 0.3) is 0 Å². The monoisotopic (exact) mass is 661 g/mol. The molecule has 0 unspecified atom stereocenters. The summed E-state index contributed by atoms with van der Waals surface area (Å²) >= 11 is 0. The third kappa shape index (κ3) is 9.01. The summed E-state index contributed by atoms with van der Waals surface area (Å²) in [6.07, 6.45) is 0. The van der Waals surface area contributed by atoms with Gasteiger partial charge in [-0.15, -0.1) is 0 Å². The molecule has 0 saturated heterocycles. The molecule has 0 aromatic rings. The van der Waals surface area contributed by atoms with Crippen molar-refractivity contribution in [3.8, 4) is 0 Å². The second-order valence-corrected chi connectivity index (χ2v) is 0. The first-order chi connectivity index (χ1) is 0. The minimum atomic E-state index is 0. The first kappa shape index (κ1) is 26.5. The van der Waals surface area contributed by atoms with Crippen molar-refractivity contribution in [1.29, 1.82) is 0 Å². The Morgan fingerprint density at radius 2 is 1.00 bits per heavy atom. The van der Waals surface area contributed by atoms with E-state index in [4.69, 9.17) is 0 Å². The zero-order valence-corrected chi connectivity index (χ0v) is 17.5. The maximum atomic E-state index is 0. The molecular weight excluding hydrogens is 652 g/mol. The summed E-state index contributed by atoms with van der Waals surface area (Å²) in [5.74, 6) is 0. The normalized spacial score (nSPS) is 0. The molecule has 0 amide bonds. The molecule has 0 aliphatic heterocycles. The summed E-state index contributed by atoms with van der Waals surface area (Å²) in [4.78, 5) is 0. The summed E-state index contributed by atoms with van der Waals surface area (Å²) < 4.78 is 0. The first-order valence-electron chi connectivity index (χ1n) is 0. The van der Waals surface area contributed by atoms with E-state index >= 15 is 0 Å². The van der Waals surface area contributed by atoms with Gasteiger partial charge in [0.2, 0.25) is 0 Å². The van der Waals surface area contributed by atoms with Gasteiger partial charge in [0.05, 0.1) is 0 Å². The van der Waals surface area contributed by atoms with Crippen molar-refractivity contribution < 1.29 is 22.4 Å². The number of rotatable bonds is 0. The Balaban J connectivity index is 0. The van der Waals surface area contributed by atoms with Crippen LogP contribution in [-0.4, -0.2) is 77.2 Å². The van der Waals surface area contributed by atoms with E-state index in [0.717, 1.165) is 0 Å². The van der Waals surface area contributed by atoms with Crippen LogP contribution in [0.1, 0.15) is 0 Å². The molecule has 0 N–H and O–H groups in total. The van der Waals surface area contributed by atoms with Crippen LogP contribution in [0, 0.1) is 0 Å². The Bertz CT molecular complexity index is 8.00. The second kappa shape index (κ2) is 16.2. The van der Waals surface area contributed by atoms with Gasteiger partial charge in [-0.3, -0.25) is 0 Å². The van der Waals surface area contributed by atoms with E-state index in [-0.39, 0.29) is 99.5 Å². The third-order valence-electron chi connectivity index (χ3n) is 0. The predicted molar refractivity (Wildman–Crippen MR) is 27.0 cm³/mol. The second-order valence-electron chi connectivity index (χ2n) is 0. The van der Waals surface area contributed by atoms with E-state index in [9.17, 15) is 0 Å². The van der Waals surface area contributed by atoms with Crippen LogP contribution in [0.2, 0.25) is 0 Å². The molecule has 0 spiro atoms. The fourth-order valence-electron chi connectivity index (χ4n) is 0. The molecule has 33 valence electrons. The molecular formula is H7AgBiPbTe. The van der Waals surface area contributed by atoms with Crippen LogP contribution in [0.15, 0.2) is 0 Å². The molecule has 4 heteroatoms. The topological polar surface area (TPSA) is 0 Å². The molecule has 0 aromatic heterocycles. The molecule has 0 bridgehead atoms. The summed E-state index contributed by atoms with van der Waals surface area (Å²) in [5, 5.41) is 0. The van der Waals surface area contributed by atoms with E-state index in [1.54, 1.807) is 0 Å². The average Bonchev–Trinajstić information content (AvgIpc) is 0. The molecule has 0 saturated carbocycles. The molecule has 0 atom stereocenters. The Hall–Kier alpha value is 3.34. The number of hydrogen-bond acceptors (Lipinski definition) is 0. The van der Waals surface area contributed by atoms with Crippen molar-refractivity contribution in [2.24, 2.45) is 0 Å². The Morgan fingerprint density at radius 1 is 1.00 bits per heavy atom. The van der Waals surface area contributed by atoms with E-state index in [1.807, 2.05) is 0 Å². The van der Waals surface area contributed by atoms with Gasteiger partial charge in [-0.05, 0) is 0 Å². The van der Waals surface area contributed by atoms with Gasteiger partial charge in [-0.25, -0.2) is 0 Å². The zero-order valence-electron chi connectivity index (χ0n) is 2.22. The van der Waals surface area contributed by atoms with Crippen molar-refractivity contribution >= 4 is 77.2 Å². The fourth-order valence-corrected chi connectivity index (χ4v) is 0. The molecule has 0 nitrogen and oxygen atoms in total. The van der Waals surface area contributed by atoms with Gasteiger partial charge < -0.3 is 0 Å². The Kier molecular flexibility index (Phi) is 107. The van der Waals surface area contributed by atoms with Crippen molar-refractivity contribution in [3.63, 3.8) is 0 Å². The molecule has 0 aromatic carbocycles. The molecule has 0 aliphatic carbocycles. The molecule has 0 aliphatic rings. The van der Waals surface area contributed by atoms with E-state index < -0.39 is 0 Å². The fraction of sp³-hybridized carbons (Fsp3) is 0. The van der Waals surface area contributed by atoms with Crippen LogP contribution in [0.4, 0.5) is 0 Å². The summed E-state index contributed by atoms with van der Waals surface area (Å²) in [7, 11) is 0. The van der Waals surface area contributed by atoms with E-state index in [1.165, 1.54) is 0 Å². The SMILES string of the molecule is [Ag].[BiH3].[PbH2].[TeH2]. The van der Waals surface area contributed by atoms with Crippen LogP contribution >= 0.6 is 0 Å². The van der Waals surface area contributed by atoms with Gasteiger partial charge in [-0.2, -0.15) is 0 Å². The van der Waals surface area contributed by atoms with Crippen LogP contribution in [-0.2, 0) is 22.4 Å². The van der Waals surface area contributed by atoms with E-state index in [0.29, 0.717) is 0 Å². The van der Waals surface area contributed by atoms with Crippen molar-refractivity contribution in [3.05, 3.63) is 0 Å². The van der Waals surface area contributed by atoms with Gasteiger partial charge >= 0.3 is 77.2 Å². The summed E-state index contributed by atoms with van der Waals surface area (Å²) in [6.45, 7) is 0. The minimum absolute atomic E-state index is 0. The predicted octanol–water partition coefficient (Wildman–Crippen LogP) is -3.02. The van der Waals surface area contributed by atoms with Crippen LogP contribution < -0.4 is 0 Å². The third-order valence-corrected chi connectivity index (χ3v) is 0. The van der Waals surface area contributed by atoms with Crippen LogP contribution in [0.3, 0.4) is 0 Å². The van der Waals surface area contributed by atoms with Crippen molar-refractivity contribution in [1.82, 2.24) is 0 Å². The average molecular weight is 659 g/mol. The number of hydrogen-bond donors (Lipinski definition) is 0. The van der Waals surface area contributed by atoms with Gasteiger partial charge in [0.1, 0.15) is 0 Å². The molecule has 3 radical (unpaired) electrons. The molecule has 4 heavy (non-hydrogen) atoms. The zero-order chi connectivity index (χ0) is 0. The van der Waals surface area contributed by atoms with Gasteiger partial charge in [-0.1, -0.05) is 0 Å². The van der Waals surface area contributed by atoms with Gasteiger partial charge in [0, 0.05) is 22.4 Å². The van der Waals surface area contributed by atoms with Crippen molar-refractivity contribution in [2.45, 2.75) is 0 Å². The van der Waals surface area contributed by atoms with Crippen molar-refractivity contribution in [2.75, 3.05) is 0 Å².